The number of fused-ring (bicyclic) bond motifs is 1. The van der Waals surface area contributed by atoms with E-state index in [4.69, 9.17) is 4.74 Å². The van der Waals surface area contributed by atoms with Crippen LogP contribution in [-0.4, -0.2) is 40.2 Å². The van der Waals surface area contributed by atoms with Crippen molar-refractivity contribution in [1.29, 1.82) is 0 Å². The van der Waals surface area contributed by atoms with E-state index >= 15 is 0 Å². The maximum Gasteiger partial charge on any atom is 0.271 e. The summed E-state index contributed by atoms with van der Waals surface area (Å²) in [6.45, 7) is 6.26. The minimum absolute atomic E-state index is 0.102. The van der Waals surface area contributed by atoms with Crippen molar-refractivity contribution in [3.63, 3.8) is 0 Å². The molecule has 0 unspecified atom stereocenters. The van der Waals surface area contributed by atoms with Gasteiger partial charge in [-0.3, -0.25) is 9.69 Å². The van der Waals surface area contributed by atoms with Crippen molar-refractivity contribution in [1.82, 2.24) is 14.9 Å². The summed E-state index contributed by atoms with van der Waals surface area (Å²) in [5.41, 5.74) is 2.08. The Morgan fingerprint density at radius 3 is 3.05 bits per heavy atom. The molecule has 1 fully saturated rings. The van der Waals surface area contributed by atoms with Crippen LogP contribution in [0.15, 0.2) is 29.1 Å². The Morgan fingerprint density at radius 1 is 1.40 bits per heavy atom. The monoisotopic (exact) mass is 273 g/mol. The first-order valence-electron chi connectivity index (χ1n) is 6.97. The molecular weight excluding hydrogens is 254 g/mol. The lowest BCUT2D eigenvalue weighted by Gasteiger charge is -2.36. The summed E-state index contributed by atoms with van der Waals surface area (Å²) in [7, 11) is 0. The number of rotatable bonds is 2. The van der Waals surface area contributed by atoms with E-state index in [-0.39, 0.29) is 11.7 Å². The number of morpholine rings is 1. The van der Waals surface area contributed by atoms with Gasteiger partial charge in [-0.2, -0.15) is 0 Å². The number of hydrogen-bond acceptors (Lipinski definition) is 4. The quantitative estimate of drug-likeness (QED) is 0.901. The molecular formula is C15H19N3O2. The van der Waals surface area contributed by atoms with Gasteiger partial charge in [-0.25, -0.2) is 4.98 Å². The molecule has 2 heterocycles. The minimum atomic E-state index is -0.102. The highest BCUT2D eigenvalue weighted by Crippen LogP contribution is 2.14. The summed E-state index contributed by atoms with van der Waals surface area (Å²) in [5, 5.41) is 0. The van der Waals surface area contributed by atoms with E-state index in [1.165, 1.54) is 0 Å². The first kappa shape index (κ1) is 13.3. The van der Waals surface area contributed by atoms with E-state index in [1.807, 2.05) is 24.3 Å². The van der Waals surface area contributed by atoms with E-state index in [9.17, 15) is 4.79 Å². The van der Waals surface area contributed by atoms with Crippen LogP contribution in [0.5, 0.6) is 0 Å². The molecule has 3 rings (SSSR count). The topological polar surface area (TPSA) is 58.2 Å². The molecule has 2 aromatic rings. The second-order valence-corrected chi connectivity index (χ2v) is 5.45. The van der Waals surface area contributed by atoms with Gasteiger partial charge in [-0.05, 0) is 26.0 Å². The molecule has 0 spiro atoms. The van der Waals surface area contributed by atoms with Gasteiger partial charge in [0.25, 0.3) is 5.56 Å². The molecule has 0 radical (unpaired) electrons. The fraction of sp³-hybridized carbons (Fsp3) is 0.467. The van der Waals surface area contributed by atoms with Crippen molar-refractivity contribution < 1.29 is 4.74 Å². The molecule has 2 atom stereocenters. The number of para-hydroxylation sites is 2. The van der Waals surface area contributed by atoms with Crippen LogP contribution < -0.4 is 5.56 Å². The van der Waals surface area contributed by atoms with Crippen molar-refractivity contribution in [3.05, 3.63) is 40.3 Å². The summed E-state index contributed by atoms with van der Waals surface area (Å²) in [5.74, 6) is 0. The highest BCUT2D eigenvalue weighted by atomic mass is 16.5. The zero-order valence-electron chi connectivity index (χ0n) is 11.8. The summed E-state index contributed by atoms with van der Waals surface area (Å²) >= 11 is 0. The number of H-pyrrole nitrogens is 1. The van der Waals surface area contributed by atoms with E-state index in [2.05, 4.69) is 28.7 Å². The normalized spacial score (nSPS) is 24.1. The molecule has 0 saturated carbocycles. The summed E-state index contributed by atoms with van der Waals surface area (Å²) in [6, 6.07) is 7.91. The third-order valence-electron chi connectivity index (χ3n) is 3.76. The third kappa shape index (κ3) is 2.59. The lowest BCUT2D eigenvalue weighted by atomic mass is 10.2. The number of aromatic amines is 1. The zero-order valence-corrected chi connectivity index (χ0v) is 11.8. The molecule has 1 aromatic heterocycles. The van der Waals surface area contributed by atoms with Gasteiger partial charge in [0.1, 0.15) is 5.69 Å². The van der Waals surface area contributed by atoms with Crippen LogP contribution in [0.1, 0.15) is 19.5 Å². The van der Waals surface area contributed by atoms with Crippen LogP contribution in [0.2, 0.25) is 0 Å². The van der Waals surface area contributed by atoms with E-state index in [1.54, 1.807) is 0 Å². The van der Waals surface area contributed by atoms with Crippen molar-refractivity contribution in [2.45, 2.75) is 32.5 Å². The van der Waals surface area contributed by atoms with E-state index < -0.39 is 0 Å². The van der Waals surface area contributed by atoms with Gasteiger partial charge in [-0.15, -0.1) is 0 Å². The number of nitrogens with zero attached hydrogens (tertiary/aromatic N) is 2. The number of benzene rings is 1. The number of ether oxygens (including phenoxy) is 1. The van der Waals surface area contributed by atoms with Gasteiger partial charge in [-0.1, -0.05) is 12.1 Å². The zero-order chi connectivity index (χ0) is 14.1. The predicted octanol–water partition coefficient (Wildman–Crippen LogP) is 1.53. The standard InChI is InChI=1S/C15H19N3O2/c1-10-9-20-11(2)7-18(10)8-14-15(19)17-13-6-4-3-5-12(13)16-14/h3-6,10-11H,7-9H2,1-2H3,(H,17,19)/t10-,11+/m1/s1. The van der Waals surface area contributed by atoms with Crippen molar-refractivity contribution in [2.75, 3.05) is 13.2 Å². The Labute approximate surface area is 117 Å². The molecule has 1 N–H and O–H groups in total. The minimum Gasteiger partial charge on any atom is -0.376 e. The van der Waals surface area contributed by atoms with Crippen LogP contribution >= 0.6 is 0 Å². The molecule has 1 aromatic carbocycles. The molecule has 0 aliphatic carbocycles. The Kier molecular flexibility index (Phi) is 3.54. The highest BCUT2D eigenvalue weighted by molar-refractivity contribution is 5.73. The van der Waals surface area contributed by atoms with Gasteiger partial charge in [0, 0.05) is 19.1 Å². The summed E-state index contributed by atoms with van der Waals surface area (Å²) in [6.07, 6.45) is 0.200. The molecule has 1 aliphatic heterocycles. The highest BCUT2D eigenvalue weighted by Gasteiger charge is 2.24. The van der Waals surface area contributed by atoms with Gasteiger partial charge >= 0.3 is 0 Å². The molecule has 0 bridgehead atoms. The fourth-order valence-electron chi connectivity index (χ4n) is 2.56. The van der Waals surface area contributed by atoms with Crippen LogP contribution in [0, 0.1) is 0 Å². The molecule has 5 nitrogen and oxygen atoms in total. The Morgan fingerprint density at radius 2 is 2.20 bits per heavy atom. The third-order valence-corrected chi connectivity index (χ3v) is 3.76. The summed E-state index contributed by atoms with van der Waals surface area (Å²) in [4.78, 5) is 21.8. The van der Waals surface area contributed by atoms with Crippen molar-refractivity contribution in [3.8, 4) is 0 Å². The van der Waals surface area contributed by atoms with Gasteiger partial charge in [0.15, 0.2) is 0 Å². The molecule has 20 heavy (non-hydrogen) atoms. The average molecular weight is 273 g/mol. The Bertz CT molecular complexity index is 667. The SMILES string of the molecule is C[C@@H]1CO[C@@H](C)CN1Cc1nc2ccccc2[nH]c1=O. The molecule has 1 saturated heterocycles. The lowest BCUT2D eigenvalue weighted by Crippen LogP contribution is -2.47. The second kappa shape index (κ2) is 5.34. The van der Waals surface area contributed by atoms with Crippen LogP contribution in [-0.2, 0) is 11.3 Å². The van der Waals surface area contributed by atoms with E-state index in [0.29, 0.717) is 24.9 Å². The molecule has 5 heteroatoms. The van der Waals surface area contributed by atoms with Crippen molar-refractivity contribution in [2.24, 2.45) is 0 Å². The lowest BCUT2D eigenvalue weighted by molar-refractivity contribution is -0.0531. The van der Waals surface area contributed by atoms with E-state index in [0.717, 1.165) is 17.6 Å². The van der Waals surface area contributed by atoms with Gasteiger partial charge in [0.05, 0.1) is 23.7 Å². The molecule has 0 amide bonds. The molecule has 1 aliphatic rings. The maximum absolute atomic E-state index is 12.1. The van der Waals surface area contributed by atoms with Gasteiger partial charge < -0.3 is 9.72 Å². The first-order chi connectivity index (χ1) is 9.63. The van der Waals surface area contributed by atoms with Crippen LogP contribution in [0.3, 0.4) is 0 Å². The predicted molar refractivity (Wildman–Crippen MR) is 77.6 cm³/mol. The average Bonchev–Trinajstić information content (AvgIpc) is 2.43. The number of nitrogens with one attached hydrogen (secondary N) is 1. The fourth-order valence-corrected chi connectivity index (χ4v) is 2.56. The number of hydrogen-bond donors (Lipinski definition) is 1. The smallest absolute Gasteiger partial charge is 0.271 e. The van der Waals surface area contributed by atoms with Crippen molar-refractivity contribution >= 4 is 11.0 Å². The Hall–Kier alpha value is -1.72. The summed E-state index contributed by atoms with van der Waals surface area (Å²) < 4.78 is 5.61. The van der Waals surface area contributed by atoms with Crippen LogP contribution in [0.4, 0.5) is 0 Å². The Balaban J connectivity index is 1.90. The maximum atomic E-state index is 12.1. The van der Waals surface area contributed by atoms with Crippen LogP contribution in [0.25, 0.3) is 11.0 Å². The van der Waals surface area contributed by atoms with Gasteiger partial charge in [0.2, 0.25) is 0 Å². The second-order valence-electron chi connectivity index (χ2n) is 5.45. The largest absolute Gasteiger partial charge is 0.376 e. The first-order valence-corrected chi connectivity index (χ1v) is 6.97. The molecule has 106 valence electrons. The number of aromatic nitrogens is 2.